The van der Waals surface area contributed by atoms with Crippen molar-refractivity contribution >= 4 is 11.9 Å². The first-order valence-corrected chi connectivity index (χ1v) is 10.1. The average Bonchev–Trinajstić information content (AvgIpc) is 3.20. The molecule has 1 aliphatic heterocycles. The average molecular weight is 396 g/mol. The number of carbonyl (C=O) groups excluding carboxylic acids is 1. The SMILES string of the molecule is N[C@@H](Cc1ccccc1)C(=O)N1CCCC1CN[C@@H](Cc1ccccc1)C(=O)O. The Morgan fingerprint density at radius 1 is 1.03 bits per heavy atom. The van der Waals surface area contributed by atoms with Crippen LogP contribution < -0.4 is 11.1 Å². The predicted molar refractivity (Wildman–Crippen MR) is 112 cm³/mol. The Morgan fingerprint density at radius 2 is 1.62 bits per heavy atom. The summed E-state index contributed by atoms with van der Waals surface area (Å²) in [5, 5.41) is 12.7. The molecule has 1 unspecified atom stereocenters. The number of nitrogens with zero attached hydrogens (tertiary/aromatic N) is 1. The molecule has 1 heterocycles. The number of benzene rings is 2. The lowest BCUT2D eigenvalue weighted by molar-refractivity contribution is -0.139. The minimum Gasteiger partial charge on any atom is -0.480 e. The summed E-state index contributed by atoms with van der Waals surface area (Å²) in [6.07, 6.45) is 2.67. The minimum atomic E-state index is -0.884. The summed E-state index contributed by atoms with van der Waals surface area (Å²) >= 11 is 0. The molecule has 0 aromatic heterocycles. The maximum Gasteiger partial charge on any atom is 0.321 e. The van der Waals surface area contributed by atoms with E-state index in [0.717, 1.165) is 24.0 Å². The zero-order chi connectivity index (χ0) is 20.6. The second kappa shape index (κ2) is 10.2. The summed E-state index contributed by atoms with van der Waals surface area (Å²) in [5.74, 6) is -0.946. The third-order valence-corrected chi connectivity index (χ3v) is 5.46. The van der Waals surface area contributed by atoms with Crippen molar-refractivity contribution in [3.05, 3.63) is 71.8 Å². The third-order valence-electron chi connectivity index (χ3n) is 5.46. The number of hydrogen-bond donors (Lipinski definition) is 3. The first-order valence-electron chi connectivity index (χ1n) is 10.1. The van der Waals surface area contributed by atoms with Gasteiger partial charge in [-0.15, -0.1) is 0 Å². The summed E-state index contributed by atoms with van der Waals surface area (Å²) in [6, 6.07) is 18.0. The van der Waals surface area contributed by atoms with Gasteiger partial charge < -0.3 is 21.1 Å². The molecule has 154 valence electrons. The topological polar surface area (TPSA) is 95.7 Å². The number of nitrogens with two attached hydrogens (primary N) is 1. The quantitative estimate of drug-likeness (QED) is 0.602. The van der Waals surface area contributed by atoms with Crippen LogP contribution in [0, 0.1) is 0 Å². The number of aliphatic carboxylic acids is 1. The Kier molecular flexibility index (Phi) is 7.38. The van der Waals surface area contributed by atoms with E-state index in [1.165, 1.54) is 0 Å². The first-order chi connectivity index (χ1) is 14.0. The number of rotatable bonds is 9. The molecule has 0 aliphatic carbocycles. The van der Waals surface area contributed by atoms with E-state index in [4.69, 9.17) is 5.73 Å². The van der Waals surface area contributed by atoms with Crippen LogP contribution in [-0.2, 0) is 22.4 Å². The van der Waals surface area contributed by atoms with E-state index in [9.17, 15) is 14.7 Å². The molecule has 6 heteroatoms. The van der Waals surface area contributed by atoms with Crippen LogP contribution in [-0.4, -0.2) is 53.1 Å². The number of hydrogen-bond acceptors (Lipinski definition) is 4. The standard InChI is InChI=1S/C23H29N3O3/c24-20(14-17-8-3-1-4-9-17)22(27)26-13-7-12-19(26)16-25-21(23(28)29)15-18-10-5-2-6-11-18/h1-6,8-11,19-21,25H,7,12-16,24H2,(H,28,29)/t19?,20-,21-/m0/s1. The molecule has 3 rings (SSSR count). The van der Waals surface area contributed by atoms with Crippen molar-refractivity contribution in [1.82, 2.24) is 10.2 Å². The van der Waals surface area contributed by atoms with E-state index in [1.807, 2.05) is 65.6 Å². The predicted octanol–water partition coefficient (Wildman–Crippen LogP) is 1.83. The van der Waals surface area contributed by atoms with Gasteiger partial charge >= 0.3 is 5.97 Å². The third kappa shape index (κ3) is 5.89. The van der Waals surface area contributed by atoms with Gasteiger partial charge in [-0.1, -0.05) is 60.7 Å². The van der Waals surface area contributed by atoms with Gasteiger partial charge in [0.05, 0.1) is 6.04 Å². The molecular formula is C23H29N3O3. The van der Waals surface area contributed by atoms with Crippen molar-refractivity contribution in [1.29, 1.82) is 0 Å². The molecule has 29 heavy (non-hydrogen) atoms. The number of amides is 1. The highest BCUT2D eigenvalue weighted by Crippen LogP contribution is 2.19. The van der Waals surface area contributed by atoms with Gasteiger partial charge in [0.25, 0.3) is 0 Å². The molecule has 4 N–H and O–H groups in total. The van der Waals surface area contributed by atoms with E-state index in [2.05, 4.69) is 5.32 Å². The molecule has 0 radical (unpaired) electrons. The Hall–Kier alpha value is -2.70. The highest BCUT2D eigenvalue weighted by atomic mass is 16.4. The fourth-order valence-electron chi connectivity index (χ4n) is 3.88. The van der Waals surface area contributed by atoms with E-state index < -0.39 is 18.1 Å². The van der Waals surface area contributed by atoms with Crippen LogP contribution in [0.2, 0.25) is 0 Å². The summed E-state index contributed by atoms with van der Waals surface area (Å²) in [4.78, 5) is 26.4. The number of nitrogens with one attached hydrogen (secondary N) is 1. The monoisotopic (exact) mass is 395 g/mol. The lowest BCUT2D eigenvalue weighted by Crippen LogP contribution is -2.51. The number of carboxylic acids is 1. The largest absolute Gasteiger partial charge is 0.480 e. The molecule has 0 spiro atoms. The van der Waals surface area contributed by atoms with Gasteiger partial charge in [0.15, 0.2) is 0 Å². The van der Waals surface area contributed by atoms with E-state index in [1.54, 1.807) is 0 Å². The van der Waals surface area contributed by atoms with Crippen LogP contribution in [0.25, 0.3) is 0 Å². The summed E-state index contributed by atoms with van der Waals surface area (Å²) in [6.45, 7) is 1.12. The Bertz CT molecular complexity index is 798. The molecule has 6 nitrogen and oxygen atoms in total. The van der Waals surface area contributed by atoms with Crippen LogP contribution in [0.5, 0.6) is 0 Å². The lowest BCUT2D eigenvalue weighted by atomic mass is 10.0. The molecule has 2 aromatic carbocycles. The summed E-state index contributed by atoms with van der Waals surface area (Å²) in [5.41, 5.74) is 8.20. The number of carboxylic acid groups (broad SMARTS) is 1. The normalized spacial score (nSPS) is 18.4. The van der Waals surface area contributed by atoms with E-state index >= 15 is 0 Å². The van der Waals surface area contributed by atoms with Crippen molar-refractivity contribution < 1.29 is 14.7 Å². The second-order valence-corrected chi connectivity index (χ2v) is 7.61. The second-order valence-electron chi connectivity index (χ2n) is 7.61. The Balaban J connectivity index is 1.56. The van der Waals surface area contributed by atoms with Crippen molar-refractivity contribution in [3.8, 4) is 0 Å². The smallest absolute Gasteiger partial charge is 0.321 e. The Morgan fingerprint density at radius 3 is 2.21 bits per heavy atom. The van der Waals surface area contributed by atoms with Crippen molar-refractivity contribution in [2.75, 3.05) is 13.1 Å². The minimum absolute atomic E-state index is 0.0260. The molecule has 0 saturated carbocycles. The summed E-state index contributed by atoms with van der Waals surface area (Å²) in [7, 11) is 0. The van der Waals surface area contributed by atoms with Gasteiger partial charge in [-0.3, -0.25) is 9.59 Å². The summed E-state index contributed by atoms with van der Waals surface area (Å²) < 4.78 is 0. The first kappa shape index (κ1) is 21.0. The molecule has 1 saturated heterocycles. The van der Waals surface area contributed by atoms with Crippen LogP contribution in [0.3, 0.4) is 0 Å². The highest BCUT2D eigenvalue weighted by Gasteiger charge is 2.32. The lowest BCUT2D eigenvalue weighted by Gasteiger charge is -2.29. The highest BCUT2D eigenvalue weighted by molar-refractivity contribution is 5.82. The van der Waals surface area contributed by atoms with Crippen molar-refractivity contribution in [2.24, 2.45) is 5.73 Å². The van der Waals surface area contributed by atoms with Crippen molar-refractivity contribution in [3.63, 3.8) is 0 Å². The van der Waals surface area contributed by atoms with Gasteiger partial charge in [0, 0.05) is 19.1 Å². The van der Waals surface area contributed by atoms with Gasteiger partial charge in [0.1, 0.15) is 6.04 Å². The van der Waals surface area contributed by atoms with Crippen LogP contribution in [0.15, 0.2) is 60.7 Å². The maximum absolute atomic E-state index is 12.9. The zero-order valence-corrected chi connectivity index (χ0v) is 16.5. The molecular weight excluding hydrogens is 366 g/mol. The van der Waals surface area contributed by atoms with Gasteiger partial charge in [-0.25, -0.2) is 0 Å². The van der Waals surface area contributed by atoms with Gasteiger partial charge in [-0.2, -0.15) is 0 Å². The molecule has 1 amide bonds. The maximum atomic E-state index is 12.9. The number of carbonyl (C=O) groups is 2. The van der Waals surface area contributed by atoms with Gasteiger partial charge in [-0.05, 0) is 36.8 Å². The molecule has 0 bridgehead atoms. The fraction of sp³-hybridized carbons (Fsp3) is 0.391. The zero-order valence-electron chi connectivity index (χ0n) is 16.5. The van der Waals surface area contributed by atoms with E-state index in [0.29, 0.717) is 25.9 Å². The molecule has 1 fully saturated rings. The Labute approximate surface area is 171 Å². The van der Waals surface area contributed by atoms with Gasteiger partial charge in [0.2, 0.25) is 5.91 Å². The van der Waals surface area contributed by atoms with Crippen molar-refractivity contribution in [2.45, 2.75) is 43.8 Å². The molecule has 3 atom stereocenters. The van der Waals surface area contributed by atoms with E-state index in [-0.39, 0.29) is 11.9 Å². The van der Waals surface area contributed by atoms with Crippen LogP contribution in [0.1, 0.15) is 24.0 Å². The fourth-order valence-corrected chi connectivity index (χ4v) is 3.88. The molecule has 1 aliphatic rings. The van der Waals surface area contributed by atoms with Crippen LogP contribution in [0.4, 0.5) is 0 Å². The molecule has 2 aromatic rings. The number of likely N-dealkylation sites (tertiary alicyclic amines) is 1. The van der Waals surface area contributed by atoms with Crippen LogP contribution >= 0.6 is 0 Å².